The van der Waals surface area contributed by atoms with Crippen LogP contribution in [-0.4, -0.2) is 73.3 Å². The molecule has 0 N–H and O–H groups in total. The van der Waals surface area contributed by atoms with Gasteiger partial charge in [-0.3, -0.25) is 19.1 Å². The fourth-order valence-electron chi connectivity index (χ4n) is 4.42. The highest BCUT2D eigenvalue weighted by Crippen LogP contribution is 2.33. The summed E-state index contributed by atoms with van der Waals surface area (Å²) < 4.78 is 2.04. The molecule has 2 aliphatic rings. The number of para-hydroxylation sites is 1. The van der Waals surface area contributed by atoms with Crippen LogP contribution in [0.15, 0.2) is 53.9 Å². The minimum atomic E-state index is 0.0585. The van der Waals surface area contributed by atoms with Crippen LogP contribution in [0.4, 0.5) is 0 Å². The maximum Gasteiger partial charge on any atom is 0.233 e. The van der Waals surface area contributed by atoms with E-state index in [9.17, 15) is 9.59 Å². The lowest BCUT2D eigenvalue weighted by Gasteiger charge is -2.34. The van der Waals surface area contributed by atoms with Crippen LogP contribution in [0.25, 0.3) is 17.1 Å². The van der Waals surface area contributed by atoms with Gasteiger partial charge in [0.2, 0.25) is 11.8 Å². The van der Waals surface area contributed by atoms with Crippen molar-refractivity contribution in [2.45, 2.75) is 37.8 Å². The third-order valence-electron chi connectivity index (χ3n) is 6.55. The van der Waals surface area contributed by atoms with Crippen molar-refractivity contribution in [2.75, 3.05) is 31.9 Å². The van der Waals surface area contributed by atoms with Gasteiger partial charge in [0.05, 0.1) is 11.4 Å². The Morgan fingerprint density at radius 1 is 1.00 bits per heavy atom. The van der Waals surface area contributed by atoms with Gasteiger partial charge in [0, 0.05) is 50.1 Å². The number of carbonyl (C=O) groups is 2. The van der Waals surface area contributed by atoms with E-state index in [1.165, 1.54) is 17.3 Å². The summed E-state index contributed by atoms with van der Waals surface area (Å²) in [6.07, 6.45) is 5.53. The van der Waals surface area contributed by atoms with E-state index in [2.05, 4.69) is 41.2 Å². The number of carbonyl (C=O) groups excluding carboxylic acids is 2. The number of hydrogen-bond donors (Lipinski definition) is 0. The first kappa shape index (κ1) is 23.5. The molecule has 2 fully saturated rings. The molecule has 182 valence electrons. The van der Waals surface area contributed by atoms with Crippen molar-refractivity contribution in [1.82, 2.24) is 29.5 Å². The number of benzene rings is 1. The molecular weight excluding hydrogens is 460 g/mol. The number of rotatable bonds is 7. The van der Waals surface area contributed by atoms with Crippen molar-refractivity contribution in [3.63, 3.8) is 0 Å². The Kier molecular flexibility index (Phi) is 6.86. The van der Waals surface area contributed by atoms with Crippen LogP contribution in [0.2, 0.25) is 0 Å². The Morgan fingerprint density at radius 2 is 1.74 bits per heavy atom. The Balaban J connectivity index is 1.34. The molecule has 1 aliphatic heterocycles. The van der Waals surface area contributed by atoms with Crippen LogP contribution in [0.1, 0.15) is 38.2 Å². The quantitative estimate of drug-likeness (QED) is 0.471. The SMILES string of the molecule is CC(C)c1ccccc1-n1c(SCC(=O)N2CCN(C(=O)C3CC3)CC2)nnc1-c1cccnc1. The highest BCUT2D eigenvalue weighted by atomic mass is 32.2. The molecule has 0 radical (unpaired) electrons. The molecule has 0 spiro atoms. The molecule has 1 saturated carbocycles. The van der Waals surface area contributed by atoms with Crippen molar-refractivity contribution in [1.29, 1.82) is 0 Å². The van der Waals surface area contributed by atoms with Crippen molar-refractivity contribution in [3.8, 4) is 17.1 Å². The minimum absolute atomic E-state index is 0.0585. The van der Waals surface area contributed by atoms with Crippen LogP contribution in [0, 0.1) is 5.92 Å². The van der Waals surface area contributed by atoms with Gasteiger partial charge in [-0.1, -0.05) is 43.8 Å². The summed E-state index contributed by atoms with van der Waals surface area (Å²) in [5.41, 5.74) is 3.06. The van der Waals surface area contributed by atoms with Gasteiger partial charge in [0.1, 0.15) is 0 Å². The summed E-state index contributed by atoms with van der Waals surface area (Å²) in [5.74, 6) is 1.82. The molecule has 3 aromatic rings. The lowest BCUT2D eigenvalue weighted by atomic mass is 10.0. The number of aromatic nitrogens is 4. The molecule has 1 aromatic carbocycles. The summed E-state index contributed by atoms with van der Waals surface area (Å²) in [7, 11) is 0. The predicted molar refractivity (Wildman–Crippen MR) is 135 cm³/mol. The van der Waals surface area contributed by atoms with Crippen LogP contribution >= 0.6 is 11.8 Å². The van der Waals surface area contributed by atoms with E-state index in [1.807, 2.05) is 38.6 Å². The molecule has 5 rings (SSSR count). The maximum absolute atomic E-state index is 13.0. The maximum atomic E-state index is 13.0. The van der Waals surface area contributed by atoms with Gasteiger partial charge in [-0.05, 0) is 42.5 Å². The first-order valence-corrected chi connectivity index (χ1v) is 13.2. The monoisotopic (exact) mass is 490 g/mol. The van der Waals surface area contributed by atoms with E-state index in [1.54, 1.807) is 12.4 Å². The first-order chi connectivity index (χ1) is 17.0. The second-order valence-corrected chi connectivity index (χ2v) is 10.3. The van der Waals surface area contributed by atoms with Crippen LogP contribution in [0.5, 0.6) is 0 Å². The van der Waals surface area contributed by atoms with Gasteiger partial charge in [-0.15, -0.1) is 10.2 Å². The van der Waals surface area contributed by atoms with Crippen LogP contribution in [-0.2, 0) is 9.59 Å². The smallest absolute Gasteiger partial charge is 0.233 e. The van der Waals surface area contributed by atoms with E-state index in [-0.39, 0.29) is 23.5 Å². The molecular formula is C26H30N6O2S. The van der Waals surface area contributed by atoms with Crippen molar-refractivity contribution < 1.29 is 9.59 Å². The first-order valence-electron chi connectivity index (χ1n) is 12.2. The lowest BCUT2D eigenvalue weighted by Crippen LogP contribution is -2.51. The average Bonchev–Trinajstić information content (AvgIpc) is 3.66. The molecule has 0 unspecified atom stereocenters. The van der Waals surface area contributed by atoms with Gasteiger partial charge in [0.25, 0.3) is 0 Å². The number of hydrogen-bond acceptors (Lipinski definition) is 6. The number of piperazine rings is 1. The minimum Gasteiger partial charge on any atom is -0.339 e. The summed E-state index contributed by atoms with van der Waals surface area (Å²) >= 11 is 1.40. The van der Waals surface area contributed by atoms with E-state index in [0.717, 1.165) is 24.1 Å². The normalized spacial score (nSPS) is 16.1. The second kappa shape index (κ2) is 10.2. The molecule has 1 aliphatic carbocycles. The van der Waals surface area contributed by atoms with Crippen molar-refractivity contribution in [3.05, 3.63) is 54.4 Å². The van der Waals surface area contributed by atoms with Gasteiger partial charge >= 0.3 is 0 Å². The molecule has 1 saturated heterocycles. The Hall–Kier alpha value is -3.20. The molecule has 9 heteroatoms. The Labute approximate surface area is 209 Å². The fraction of sp³-hybridized carbons (Fsp3) is 0.423. The largest absolute Gasteiger partial charge is 0.339 e. The van der Waals surface area contributed by atoms with E-state index in [0.29, 0.717) is 43.1 Å². The molecule has 2 aromatic heterocycles. The van der Waals surface area contributed by atoms with Gasteiger partial charge < -0.3 is 9.80 Å². The number of pyridine rings is 1. The molecule has 35 heavy (non-hydrogen) atoms. The fourth-order valence-corrected chi connectivity index (χ4v) is 5.27. The molecule has 2 amide bonds. The zero-order chi connectivity index (χ0) is 24.4. The summed E-state index contributed by atoms with van der Waals surface area (Å²) in [5, 5.41) is 9.63. The Bertz CT molecular complexity index is 1200. The third-order valence-corrected chi connectivity index (χ3v) is 7.46. The zero-order valence-corrected chi connectivity index (χ0v) is 20.9. The second-order valence-electron chi connectivity index (χ2n) is 9.37. The van der Waals surface area contributed by atoms with E-state index in [4.69, 9.17) is 0 Å². The highest BCUT2D eigenvalue weighted by molar-refractivity contribution is 7.99. The predicted octanol–water partition coefficient (Wildman–Crippen LogP) is 3.63. The number of thioether (sulfide) groups is 1. The lowest BCUT2D eigenvalue weighted by molar-refractivity contribution is -0.139. The molecule has 8 nitrogen and oxygen atoms in total. The van der Waals surface area contributed by atoms with Gasteiger partial charge in [-0.2, -0.15) is 0 Å². The van der Waals surface area contributed by atoms with Gasteiger partial charge in [0.15, 0.2) is 11.0 Å². The van der Waals surface area contributed by atoms with Crippen LogP contribution in [0.3, 0.4) is 0 Å². The summed E-state index contributed by atoms with van der Waals surface area (Å²) in [4.78, 5) is 33.4. The topological polar surface area (TPSA) is 84.2 Å². The van der Waals surface area contributed by atoms with E-state index >= 15 is 0 Å². The Morgan fingerprint density at radius 3 is 2.43 bits per heavy atom. The zero-order valence-electron chi connectivity index (χ0n) is 20.1. The van der Waals surface area contributed by atoms with Crippen molar-refractivity contribution in [2.24, 2.45) is 5.92 Å². The molecule has 0 atom stereocenters. The standard InChI is InChI=1S/C26H30N6O2S/c1-18(2)21-7-3-4-8-22(21)32-24(20-6-5-11-27-16-20)28-29-26(32)35-17-23(33)30-12-14-31(15-13-30)25(34)19-9-10-19/h3-8,11,16,18-19H,9-10,12-15,17H2,1-2H3. The molecule has 3 heterocycles. The molecule has 0 bridgehead atoms. The summed E-state index contributed by atoms with van der Waals surface area (Å²) in [6, 6.07) is 12.1. The average molecular weight is 491 g/mol. The third kappa shape index (κ3) is 5.10. The number of nitrogens with zero attached hydrogens (tertiary/aromatic N) is 6. The number of amides is 2. The van der Waals surface area contributed by atoms with Crippen molar-refractivity contribution >= 4 is 23.6 Å². The summed E-state index contributed by atoms with van der Waals surface area (Å²) in [6.45, 7) is 6.74. The van der Waals surface area contributed by atoms with E-state index < -0.39 is 0 Å². The highest BCUT2D eigenvalue weighted by Gasteiger charge is 2.35. The van der Waals surface area contributed by atoms with Gasteiger partial charge in [-0.25, -0.2) is 0 Å². The van der Waals surface area contributed by atoms with Crippen LogP contribution < -0.4 is 0 Å².